The van der Waals surface area contributed by atoms with Crippen LogP contribution in [0.2, 0.25) is 0 Å². The quantitative estimate of drug-likeness (QED) is 0.832. The van der Waals surface area contributed by atoms with Gasteiger partial charge in [-0.1, -0.05) is 0 Å². The van der Waals surface area contributed by atoms with E-state index in [2.05, 4.69) is 42.9 Å². The van der Waals surface area contributed by atoms with Crippen molar-refractivity contribution in [1.29, 1.82) is 0 Å². The predicted molar refractivity (Wildman–Crippen MR) is 85.6 cm³/mol. The Bertz CT molecular complexity index is 415. The first-order chi connectivity index (χ1) is 9.87. The number of aliphatic hydroxyl groups excluding tert-OH is 1. The number of ether oxygens (including phenoxy) is 1. The highest BCUT2D eigenvalue weighted by Gasteiger charge is 2.26. The van der Waals surface area contributed by atoms with Gasteiger partial charge < -0.3 is 15.2 Å². The van der Waals surface area contributed by atoms with Crippen LogP contribution in [0.3, 0.4) is 0 Å². The fourth-order valence-corrected chi connectivity index (χ4v) is 3.52. The lowest BCUT2D eigenvalue weighted by Crippen LogP contribution is -2.50. The van der Waals surface area contributed by atoms with Gasteiger partial charge in [0.1, 0.15) is 5.01 Å². The fraction of sp³-hybridized carbons (Fsp3) is 0.800. The van der Waals surface area contributed by atoms with E-state index in [-0.39, 0.29) is 23.9 Å². The third-order valence-electron chi connectivity index (χ3n) is 3.71. The summed E-state index contributed by atoms with van der Waals surface area (Å²) in [6, 6.07) is 0. The zero-order chi connectivity index (χ0) is 15.5. The van der Waals surface area contributed by atoms with Crippen LogP contribution >= 0.6 is 11.3 Å². The number of nitrogens with zero attached hydrogens (tertiary/aromatic N) is 2. The molecule has 0 aromatic carbocycles. The van der Waals surface area contributed by atoms with E-state index in [1.54, 1.807) is 11.3 Å². The minimum Gasteiger partial charge on any atom is -0.390 e. The highest BCUT2D eigenvalue weighted by molar-refractivity contribution is 7.09. The van der Waals surface area contributed by atoms with E-state index in [4.69, 9.17) is 4.74 Å². The van der Waals surface area contributed by atoms with Crippen molar-refractivity contribution < 1.29 is 9.84 Å². The molecule has 0 saturated carbocycles. The number of hydrogen-bond acceptors (Lipinski definition) is 6. The smallest absolute Gasteiger partial charge is 0.112 e. The van der Waals surface area contributed by atoms with Crippen molar-refractivity contribution >= 4 is 11.3 Å². The van der Waals surface area contributed by atoms with E-state index in [9.17, 15) is 5.11 Å². The van der Waals surface area contributed by atoms with Crippen molar-refractivity contribution in [3.05, 3.63) is 16.6 Å². The first kappa shape index (κ1) is 16.8. The molecule has 1 aromatic heterocycles. The molecule has 2 heterocycles. The number of morpholine rings is 1. The van der Waals surface area contributed by atoms with Crippen molar-refractivity contribution in [2.45, 2.75) is 51.5 Å². The Morgan fingerprint density at radius 2 is 2.14 bits per heavy atom. The number of aromatic nitrogens is 1. The zero-order valence-electron chi connectivity index (χ0n) is 13.4. The average molecular weight is 313 g/mol. The Labute approximate surface area is 131 Å². The maximum absolute atomic E-state index is 10.3. The average Bonchev–Trinajstić information content (AvgIpc) is 2.89. The largest absolute Gasteiger partial charge is 0.390 e. The van der Waals surface area contributed by atoms with E-state index in [0.29, 0.717) is 13.1 Å². The third kappa shape index (κ3) is 5.00. The van der Waals surface area contributed by atoms with Gasteiger partial charge in [0.15, 0.2) is 0 Å². The van der Waals surface area contributed by atoms with Crippen LogP contribution < -0.4 is 5.32 Å². The first-order valence-electron chi connectivity index (χ1n) is 7.57. The molecule has 6 heteroatoms. The molecule has 0 aliphatic carbocycles. The van der Waals surface area contributed by atoms with Crippen LogP contribution in [0.5, 0.6) is 0 Å². The second kappa shape index (κ2) is 7.15. The van der Waals surface area contributed by atoms with Crippen LogP contribution in [0.15, 0.2) is 11.6 Å². The molecule has 0 radical (unpaired) electrons. The van der Waals surface area contributed by atoms with Crippen molar-refractivity contribution in [2.24, 2.45) is 0 Å². The summed E-state index contributed by atoms with van der Waals surface area (Å²) in [5.74, 6) is 0. The Morgan fingerprint density at radius 1 is 1.48 bits per heavy atom. The molecule has 3 unspecified atom stereocenters. The molecule has 0 spiro atoms. The maximum Gasteiger partial charge on any atom is 0.112 e. The summed E-state index contributed by atoms with van der Waals surface area (Å²) in [4.78, 5) is 6.63. The van der Waals surface area contributed by atoms with Gasteiger partial charge in [0, 0.05) is 37.8 Å². The number of rotatable bonds is 6. The minimum atomic E-state index is -0.387. The standard InChI is InChI=1S/C15H27N3O2S/c1-11-8-18(9-12(2)20-11)10-13(19)7-17-15(3,4)14-16-5-6-21-14/h5-6,11-13,17,19H,7-10H2,1-4H3. The minimum absolute atomic E-state index is 0.208. The SMILES string of the molecule is CC1CN(CC(O)CNC(C)(C)c2nccs2)CC(C)O1. The normalized spacial score (nSPS) is 26.0. The topological polar surface area (TPSA) is 57.6 Å². The number of aliphatic hydroxyl groups is 1. The highest BCUT2D eigenvalue weighted by atomic mass is 32.1. The molecule has 0 amide bonds. The Hall–Kier alpha value is -0.530. The van der Waals surface area contributed by atoms with Gasteiger partial charge in [0.2, 0.25) is 0 Å². The summed E-state index contributed by atoms with van der Waals surface area (Å²) in [6.07, 6.45) is 1.90. The molecule has 0 bridgehead atoms. The van der Waals surface area contributed by atoms with Crippen LogP contribution in [0, 0.1) is 0 Å². The van der Waals surface area contributed by atoms with Crippen molar-refractivity contribution in [3.63, 3.8) is 0 Å². The second-order valence-corrected chi connectivity index (χ2v) is 7.37. The van der Waals surface area contributed by atoms with Crippen LogP contribution in [-0.4, -0.2) is 59.5 Å². The second-order valence-electron chi connectivity index (χ2n) is 6.47. The molecular formula is C15H27N3O2S. The Kier molecular flexibility index (Phi) is 5.73. The molecule has 2 N–H and O–H groups in total. The number of thiazole rings is 1. The monoisotopic (exact) mass is 313 g/mol. The van der Waals surface area contributed by atoms with Crippen LogP contribution in [0.4, 0.5) is 0 Å². The van der Waals surface area contributed by atoms with Gasteiger partial charge in [-0.3, -0.25) is 4.90 Å². The van der Waals surface area contributed by atoms with E-state index in [1.165, 1.54) is 0 Å². The van der Waals surface area contributed by atoms with Crippen LogP contribution in [0.25, 0.3) is 0 Å². The van der Waals surface area contributed by atoms with E-state index >= 15 is 0 Å². The molecule has 1 aromatic rings. The van der Waals surface area contributed by atoms with E-state index in [0.717, 1.165) is 18.1 Å². The lowest BCUT2D eigenvalue weighted by molar-refractivity contribution is -0.0764. The summed E-state index contributed by atoms with van der Waals surface area (Å²) in [6.45, 7) is 11.4. The van der Waals surface area contributed by atoms with E-state index < -0.39 is 0 Å². The zero-order valence-corrected chi connectivity index (χ0v) is 14.2. The van der Waals surface area contributed by atoms with Gasteiger partial charge in [-0.2, -0.15) is 0 Å². The van der Waals surface area contributed by atoms with Crippen molar-refractivity contribution in [2.75, 3.05) is 26.2 Å². The van der Waals surface area contributed by atoms with Crippen LogP contribution in [-0.2, 0) is 10.3 Å². The molecular weight excluding hydrogens is 286 g/mol. The van der Waals surface area contributed by atoms with Crippen LogP contribution in [0.1, 0.15) is 32.7 Å². The molecule has 120 valence electrons. The van der Waals surface area contributed by atoms with Crippen molar-refractivity contribution in [1.82, 2.24) is 15.2 Å². The maximum atomic E-state index is 10.3. The van der Waals surface area contributed by atoms with Gasteiger partial charge in [-0.05, 0) is 27.7 Å². The van der Waals surface area contributed by atoms with Gasteiger partial charge in [-0.15, -0.1) is 11.3 Å². The fourth-order valence-electron chi connectivity index (χ4n) is 2.78. The molecule has 3 atom stereocenters. The highest BCUT2D eigenvalue weighted by Crippen LogP contribution is 2.21. The van der Waals surface area contributed by atoms with Crippen molar-refractivity contribution in [3.8, 4) is 0 Å². The van der Waals surface area contributed by atoms with Gasteiger partial charge in [0.25, 0.3) is 0 Å². The molecule has 5 nitrogen and oxygen atoms in total. The summed E-state index contributed by atoms with van der Waals surface area (Å²) >= 11 is 1.64. The van der Waals surface area contributed by atoms with Gasteiger partial charge >= 0.3 is 0 Å². The lowest BCUT2D eigenvalue weighted by atomic mass is 10.1. The third-order valence-corrected chi connectivity index (χ3v) is 4.81. The Morgan fingerprint density at radius 3 is 2.71 bits per heavy atom. The first-order valence-corrected chi connectivity index (χ1v) is 8.45. The Balaban J connectivity index is 1.78. The molecule has 2 rings (SSSR count). The lowest BCUT2D eigenvalue weighted by Gasteiger charge is -2.36. The summed E-state index contributed by atoms with van der Waals surface area (Å²) in [7, 11) is 0. The summed E-state index contributed by atoms with van der Waals surface area (Å²) in [5, 5.41) is 16.7. The summed E-state index contributed by atoms with van der Waals surface area (Å²) < 4.78 is 5.72. The van der Waals surface area contributed by atoms with Gasteiger partial charge in [-0.25, -0.2) is 4.98 Å². The van der Waals surface area contributed by atoms with Gasteiger partial charge in [0.05, 0.1) is 23.9 Å². The van der Waals surface area contributed by atoms with E-state index in [1.807, 2.05) is 11.6 Å². The number of hydrogen-bond donors (Lipinski definition) is 2. The summed E-state index contributed by atoms with van der Waals surface area (Å²) in [5.41, 5.74) is -0.208. The number of nitrogens with one attached hydrogen (secondary N) is 1. The molecule has 1 aliphatic rings. The molecule has 1 saturated heterocycles. The molecule has 21 heavy (non-hydrogen) atoms. The molecule has 1 aliphatic heterocycles. The predicted octanol–water partition coefficient (Wildman–Crippen LogP) is 1.44. The number of β-amino-alcohol motifs (C(OH)–C–C–N with tert-alkyl or cyclic N) is 1. The molecule has 1 fully saturated rings.